The predicted molar refractivity (Wildman–Crippen MR) is 72.1 cm³/mol. The normalized spacial score (nSPS) is 11.8. The molecule has 22 heavy (non-hydrogen) atoms. The van der Waals surface area contributed by atoms with Crippen LogP contribution < -0.4 is 0 Å². The lowest BCUT2D eigenvalue weighted by Crippen LogP contribution is -2.08. The van der Waals surface area contributed by atoms with Crippen molar-refractivity contribution >= 4 is 17.9 Å². The second-order valence-corrected chi connectivity index (χ2v) is 4.32. The van der Waals surface area contributed by atoms with E-state index in [-0.39, 0.29) is 5.56 Å². The Kier molecular flexibility index (Phi) is 4.25. The second kappa shape index (κ2) is 5.97. The number of hydrogen-bond acceptors (Lipinski definition) is 2. The van der Waals surface area contributed by atoms with Crippen molar-refractivity contribution in [1.29, 1.82) is 0 Å². The van der Waals surface area contributed by atoms with Crippen molar-refractivity contribution in [2.45, 2.75) is 6.18 Å². The van der Waals surface area contributed by atoms with Crippen LogP contribution in [-0.2, 0) is 6.18 Å². The third kappa shape index (κ3) is 3.49. The first-order valence-corrected chi connectivity index (χ1v) is 6.02. The van der Waals surface area contributed by atoms with Crippen LogP contribution in [0, 0.1) is 5.82 Å². The summed E-state index contributed by atoms with van der Waals surface area (Å²) >= 11 is 0. The first-order chi connectivity index (χ1) is 10.3. The average molecular weight is 311 g/mol. The van der Waals surface area contributed by atoms with E-state index in [4.69, 9.17) is 5.11 Å². The molecule has 0 atom stereocenters. The molecule has 0 aliphatic heterocycles. The van der Waals surface area contributed by atoms with Crippen molar-refractivity contribution in [3.05, 3.63) is 65.0 Å². The molecule has 0 aliphatic rings. The summed E-state index contributed by atoms with van der Waals surface area (Å²) in [5.41, 5.74) is -1.55. The Morgan fingerprint density at radius 2 is 1.73 bits per heavy atom. The molecule has 2 aromatic rings. The number of carboxylic acid groups (broad SMARTS) is 1. The lowest BCUT2D eigenvalue weighted by molar-refractivity contribution is -0.139. The van der Waals surface area contributed by atoms with E-state index >= 15 is 0 Å². The van der Waals surface area contributed by atoms with E-state index in [2.05, 4.69) is 4.99 Å². The number of aromatic carboxylic acids is 1. The van der Waals surface area contributed by atoms with E-state index < -0.39 is 29.2 Å². The van der Waals surface area contributed by atoms with Gasteiger partial charge in [-0.1, -0.05) is 18.2 Å². The number of rotatable bonds is 3. The minimum atomic E-state index is -4.86. The highest BCUT2D eigenvalue weighted by atomic mass is 19.4. The standard InChI is InChI=1S/C15H9F4NO2/c16-11-2-1-3-12(13(11)15(17,18)19)20-8-9-4-6-10(7-5-9)14(21)22/h1-8H,(H,21,22)/b20-8+. The molecule has 0 saturated heterocycles. The number of nitrogens with zero attached hydrogens (tertiary/aromatic N) is 1. The van der Waals surface area contributed by atoms with E-state index in [1.807, 2.05) is 0 Å². The second-order valence-electron chi connectivity index (χ2n) is 4.32. The van der Waals surface area contributed by atoms with Gasteiger partial charge in [0.15, 0.2) is 0 Å². The van der Waals surface area contributed by atoms with Crippen LogP contribution in [0.3, 0.4) is 0 Å². The minimum absolute atomic E-state index is 0.0406. The first-order valence-electron chi connectivity index (χ1n) is 6.02. The van der Waals surface area contributed by atoms with Crippen molar-refractivity contribution < 1.29 is 27.5 Å². The van der Waals surface area contributed by atoms with Crippen LogP contribution >= 0.6 is 0 Å². The van der Waals surface area contributed by atoms with Gasteiger partial charge in [0.25, 0.3) is 0 Å². The molecule has 0 amide bonds. The Balaban J connectivity index is 2.34. The molecular formula is C15H9F4NO2. The van der Waals surface area contributed by atoms with Gasteiger partial charge in [-0.05, 0) is 29.8 Å². The predicted octanol–water partition coefficient (Wildman–Crippen LogP) is 4.29. The summed E-state index contributed by atoms with van der Waals surface area (Å²) in [7, 11) is 0. The lowest BCUT2D eigenvalue weighted by atomic mass is 10.1. The summed E-state index contributed by atoms with van der Waals surface area (Å²) in [5, 5.41) is 8.74. The number of benzene rings is 2. The number of aliphatic imine (C=N–C) groups is 1. The molecule has 0 fully saturated rings. The highest BCUT2D eigenvalue weighted by Crippen LogP contribution is 2.37. The fourth-order valence-corrected chi connectivity index (χ4v) is 1.76. The van der Waals surface area contributed by atoms with Crippen LogP contribution in [0.4, 0.5) is 23.2 Å². The van der Waals surface area contributed by atoms with Gasteiger partial charge in [0.2, 0.25) is 0 Å². The number of carboxylic acids is 1. The van der Waals surface area contributed by atoms with Gasteiger partial charge in [-0.25, -0.2) is 9.18 Å². The van der Waals surface area contributed by atoms with E-state index in [1.54, 1.807) is 0 Å². The Bertz CT molecular complexity index is 721. The Morgan fingerprint density at radius 1 is 1.09 bits per heavy atom. The number of alkyl halides is 3. The molecule has 1 N–H and O–H groups in total. The number of halogens is 4. The summed E-state index contributed by atoms with van der Waals surface area (Å²) in [4.78, 5) is 14.3. The fourth-order valence-electron chi connectivity index (χ4n) is 1.76. The van der Waals surface area contributed by atoms with E-state index in [0.29, 0.717) is 11.6 Å². The van der Waals surface area contributed by atoms with Crippen LogP contribution in [0.5, 0.6) is 0 Å². The maximum Gasteiger partial charge on any atom is 0.421 e. The molecule has 0 aromatic heterocycles. The Labute approximate surface area is 122 Å². The third-order valence-corrected chi connectivity index (χ3v) is 2.79. The monoisotopic (exact) mass is 311 g/mol. The van der Waals surface area contributed by atoms with Gasteiger partial charge in [0.05, 0.1) is 11.3 Å². The molecule has 2 aromatic carbocycles. The SMILES string of the molecule is O=C(O)c1ccc(/C=N/c2cccc(F)c2C(F)(F)F)cc1. The van der Waals surface area contributed by atoms with Crippen LogP contribution in [0.1, 0.15) is 21.5 Å². The van der Waals surface area contributed by atoms with Gasteiger partial charge in [-0.15, -0.1) is 0 Å². The number of hydrogen-bond donors (Lipinski definition) is 1. The van der Waals surface area contributed by atoms with Crippen molar-refractivity contribution in [3.63, 3.8) is 0 Å². The molecule has 3 nitrogen and oxygen atoms in total. The molecule has 7 heteroatoms. The van der Waals surface area contributed by atoms with Gasteiger partial charge < -0.3 is 5.11 Å². The van der Waals surface area contributed by atoms with Gasteiger partial charge in [-0.3, -0.25) is 4.99 Å². The average Bonchev–Trinajstić information content (AvgIpc) is 2.44. The van der Waals surface area contributed by atoms with Crippen molar-refractivity contribution in [3.8, 4) is 0 Å². The third-order valence-electron chi connectivity index (χ3n) is 2.79. The van der Waals surface area contributed by atoms with Gasteiger partial charge >= 0.3 is 12.1 Å². The fraction of sp³-hybridized carbons (Fsp3) is 0.0667. The van der Waals surface area contributed by atoms with Crippen LogP contribution in [0.2, 0.25) is 0 Å². The van der Waals surface area contributed by atoms with Crippen molar-refractivity contribution in [2.24, 2.45) is 4.99 Å². The van der Waals surface area contributed by atoms with Crippen molar-refractivity contribution in [2.75, 3.05) is 0 Å². The summed E-state index contributed by atoms with van der Waals surface area (Å²) < 4.78 is 51.7. The van der Waals surface area contributed by atoms with E-state index in [9.17, 15) is 22.4 Å². The smallest absolute Gasteiger partial charge is 0.421 e. The lowest BCUT2D eigenvalue weighted by Gasteiger charge is -2.10. The van der Waals surface area contributed by atoms with Crippen LogP contribution in [-0.4, -0.2) is 17.3 Å². The van der Waals surface area contributed by atoms with Gasteiger partial charge in [0, 0.05) is 6.21 Å². The summed E-state index contributed by atoms with van der Waals surface area (Å²) in [6, 6.07) is 8.25. The van der Waals surface area contributed by atoms with E-state index in [1.165, 1.54) is 24.3 Å². The van der Waals surface area contributed by atoms with Crippen LogP contribution in [0.15, 0.2) is 47.5 Å². The molecule has 114 valence electrons. The van der Waals surface area contributed by atoms with Gasteiger partial charge in [0.1, 0.15) is 11.4 Å². The molecule has 0 spiro atoms. The quantitative estimate of drug-likeness (QED) is 0.679. The van der Waals surface area contributed by atoms with E-state index in [0.717, 1.165) is 18.3 Å². The first kappa shape index (κ1) is 15.7. The zero-order valence-electron chi connectivity index (χ0n) is 10.9. The molecule has 0 radical (unpaired) electrons. The highest BCUT2D eigenvalue weighted by Gasteiger charge is 2.36. The summed E-state index contributed by atoms with van der Waals surface area (Å²) in [6.07, 6.45) is -3.75. The molecular weight excluding hydrogens is 302 g/mol. The Hall–Kier alpha value is -2.70. The largest absolute Gasteiger partial charge is 0.478 e. The van der Waals surface area contributed by atoms with Crippen molar-refractivity contribution in [1.82, 2.24) is 0 Å². The molecule has 0 heterocycles. The van der Waals surface area contributed by atoms with Gasteiger partial charge in [-0.2, -0.15) is 13.2 Å². The zero-order valence-corrected chi connectivity index (χ0v) is 10.9. The number of carbonyl (C=O) groups is 1. The zero-order chi connectivity index (χ0) is 16.3. The van der Waals surface area contributed by atoms with Crippen LogP contribution in [0.25, 0.3) is 0 Å². The highest BCUT2D eigenvalue weighted by molar-refractivity contribution is 5.89. The maximum absolute atomic E-state index is 13.4. The maximum atomic E-state index is 13.4. The molecule has 2 rings (SSSR count). The summed E-state index contributed by atoms with van der Waals surface area (Å²) in [6.45, 7) is 0. The minimum Gasteiger partial charge on any atom is -0.478 e. The Morgan fingerprint density at radius 3 is 2.27 bits per heavy atom. The molecule has 0 saturated carbocycles. The topological polar surface area (TPSA) is 49.7 Å². The summed E-state index contributed by atoms with van der Waals surface area (Å²) in [5.74, 6) is -2.52. The molecule has 0 bridgehead atoms. The molecule has 0 unspecified atom stereocenters. The molecule has 0 aliphatic carbocycles.